The molecule has 86 valence electrons. The van der Waals surface area contributed by atoms with Crippen LogP contribution < -0.4 is 5.73 Å². The average molecular weight is 212 g/mol. The Labute approximate surface area is 90.9 Å². The molecule has 0 spiro atoms. The van der Waals surface area contributed by atoms with Gasteiger partial charge in [-0.05, 0) is 12.8 Å². The minimum Gasteiger partial charge on any atom is -0.481 e. The second kappa shape index (κ2) is 5.73. The van der Waals surface area contributed by atoms with E-state index in [0.717, 1.165) is 25.9 Å². The van der Waals surface area contributed by atoms with Crippen molar-refractivity contribution >= 4 is 11.8 Å². The minimum atomic E-state index is -0.416. The van der Waals surface area contributed by atoms with E-state index in [2.05, 4.69) is 11.9 Å². The third kappa shape index (κ3) is 3.53. The number of primary amides is 1. The summed E-state index contributed by atoms with van der Waals surface area (Å²) in [5.74, 6) is 0.908. The van der Waals surface area contributed by atoms with Crippen molar-refractivity contribution in [2.24, 2.45) is 16.6 Å². The van der Waals surface area contributed by atoms with E-state index in [0.29, 0.717) is 18.2 Å². The van der Waals surface area contributed by atoms with Crippen molar-refractivity contribution in [3.8, 4) is 0 Å². The molecule has 15 heavy (non-hydrogen) atoms. The third-order valence-corrected chi connectivity index (χ3v) is 2.66. The highest BCUT2D eigenvalue weighted by molar-refractivity contribution is 5.85. The molecule has 1 amide bonds. The van der Waals surface area contributed by atoms with Gasteiger partial charge in [-0.15, -0.1) is 0 Å². The summed E-state index contributed by atoms with van der Waals surface area (Å²) >= 11 is 0. The summed E-state index contributed by atoms with van der Waals surface area (Å²) in [6, 6.07) is -0.416. The number of amides is 1. The van der Waals surface area contributed by atoms with Gasteiger partial charge in [0.15, 0.2) is 5.90 Å². The van der Waals surface area contributed by atoms with E-state index in [-0.39, 0.29) is 5.91 Å². The first-order valence-corrected chi connectivity index (χ1v) is 5.66. The predicted molar refractivity (Wildman–Crippen MR) is 59.7 cm³/mol. The molecule has 0 radical (unpaired) electrons. The Morgan fingerprint density at radius 2 is 2.40 bits per heavy atom. The molecule has 0 aromatic rings. The fourth-order valence-corrected chi connectivity index (χ4v) is 1.79. The molecule has 2 N–H and O–H groups in total. The van der Waals surface area contributed by atoms with Crippen LogP contribution in [0.3, 0.4) is 0 Å². The lowest BCUT2D eigenvalue weighted by Crippen LogP contribution is -2.27. The van der Waals surface area contributed by atoms with Gasteiger partial charge >= 0.3 is 0 Å². The van der Waals surface area contributed by atoms with Gasteiger partial charge in [-0.25, -0.2) is 4.99 Å². The second-order valence-electron chi connectivity index (χ2n) is 4.02. The number of carbonyl (C=O) groups is 1. The highest BCUT2D eigenvalue weighted by Gasteiger charge is 2.23. The number of aliphatic imine (C=N–C) groups is 1. The van der Waals surface area contributed by atoms with Crippen molar-refractivity contribution < 1.29 is 9.53 Å². The molecule has 0 aliphatic carbocycles. The number of hydrogen-bond donors (Lipinski definition) is 1. The highest BCUT2D eigenvalue weighted by Crippen LogP contribution is 2.20. The molecule has 1 aliphatic heterocycles. The monoisotopic (exact) mass is 212 g/mol. The summed E-state index contributed by atoms with van der Waals surface area (Å²) in [5.41, 5.74) is 5.22. The molecule has 0 aromatic heterocycles. The Morgan fingerprint density at radius 3 is 2.93 bits per heavy atom. The fraction of sp³-hybridized carbons (Fsp3) is 0.818. The molecule has 0 unspecified atom stereocenters. The average Bonchev–Trinajstić information content (AvgIpc) is 2.62. The van der Waals surface area contributed by atoms with Crippen molar-refractivity contribution in [2.45, 2.75) is 45.6 Å². The third-order valence-electron chi connectivity index (χ3n) is 2.66. The van der Waals surface area contributed by atoms with Gasteiger partial charge in [-0.2, -0.15) is 0 Å². The molecule has 4 heteroatoms. The maximum atomic E-state index is 11.0. The Kier molecular flexibility index (Phi) is 4.59. The number of rotatable bonds is 5. The van der Waals surface area contributed by atoms with Crippen LogP contribution in [-0.2, 0) is 9.53 Å². The van der Waals surface area contributed by atoms with Crippen molar-refractivity contribution in [1.29, 1.82) is 0 Å². The van der Waals surface area contributed by atoms with Crippen LogP contribution in [0, 0.1) is 5.92 Å². The zero-order valence-corrected chi connectivity index (χ0v) is 9.53. The quantitative estimate of drug-likeness (QED) is 0.750. The van der Waals surface area contributed by atoms with Gasteiger partial charge in [-0.1, -0.05) is 20.3 Å². The number of hydrogen-bond acceptors (Lipinski definition) is 3. The summed E-state index contributed by atoms with van der Waals surface area (Å²) in [6.07, 6.45) is 3.82. The first-order valence-electron chi connectivity index (χ1n) is 5.66. The van der Waals surface area contributed by atoms with Gasteiger partial charge in [0.1, 0.15) is 6.04 Å². The van der Waals surface area contributed by atoms with Crippen LogP contribution in [0.5, 0.6) is 0 Å². The smallest absolute Gasteiger partial charge is 0.242 e. The second-order valence-corrected chi connectivity index (χ2v) is 4.02. The standard InChI is InChI=1S/C11H20N2O2/c1-3-5-8-6-10(15-7-8)13-9(4-2)11(12)14/h8-9H,3-7H2,1-2H3,(H2,12,14)/t8-,9+/m1/s1. The van der Waals surface area contributed by atoms with E-state index < -0.39 is 6.04 Å². The van der Waals surface area contributed by atoms with Crippen LogP contribution in [0.1, 0.15) is 39.5 Å². The van der Waals surface area contributed by atoms with Gasteiger partial charge < -0.3 is 10.5 Å². The van der Waals surface area contributed by atoms with Crippen LogP contribution in [0.2, 0.25) is 0 Å². The molecule has 1 rings (SSSR count). The van der Waals surface area contributed by atoms with Gasteiger partial charge in [0.25, 0.3) is 0 Å². The van der Waals surface area contributed by atoms with Gasteiger partial charge in [0.05, 0.1) is 6.61 Å². The lowest BCUT2D eigenvalue weighted by atomic mass is 10.0. The predicted octanol–water partition coefficient (Wildman–Crippen LogP) is 1.49. The van der Waals surface area contributed by atoms with E-state index in [9.17, 15) is 4.79 Å². The van der Waals surface area contributed by atoms with Crippen LogP contribution in [0.4, 0.5) is 0 Å². The zero-order valence-electron chi connectivity index (χ0n) is 9.53. The lowest BCUT2D eigenvalue weighted by molar-refractivity contribution is -0.119. The summed E-state index contributed by atoms with van der Waals surface area (Å²) in [5, 5.41) is 0. The fourth-order valence-electron chi connectivity index (χ4n) is 1.79. The Hall–Kier alpha value is -1.06. The Morgan fingerprint density at radius 1 is 1.67 bits per heavy atom. The summed E-state index contributed by atoms with van der Waals surface area (Å²) in [6.45, 7) is 4.80. The number of nitrogens with two attached hydrogens (primary N) is 1. The maximum Gasteiger partial charge on any atom is 0.242 e. The molecular formula is C11H20N2O2. The van der Waals surface area contributed by atoms with Gasteiger partial charge in [0, 0.05) is 12.3 Å². The van der Waals surface area contributed by atoms with Crippen LogP contribution in [-0.4, -0.2) is 24.5 Å². The van der Waals surface area contributed by atoms with Crippen molar-refractivity contribution in [2.75, 3.05) is 6.61 Å². The van der Waals surface area contributed by atoms with Crippen molar-refractivity contribution in [1.82, 2.24) is 0 Å². The summed E-state index contributed by atoms with van der Waals surface area (Å²) in [7, 11) is 0. The molecule has 1 fully saturated rings. The number of carbonyl (C=O) groups excluding carboxylic acids is 1. The van der Waals surface area contributed by atoms with Gasteiger partial charge in [-0.3, -0.25) is 4.79 Å². The topological polar surface area (TPSA) is 64.7 Å². The molecule has 0 saturated carbocycles. The molecule has 0 bridgehead atoms. The van der Waals surface area contributed by atoms with E-state index in [1.165, 1.54) is 0 Å². The SMILES string of the molecule is CCC[C@H]1COC(=N[C@@H](CC)C(N)=O)C1. The molecule has 1 aliphatic rings. The van der Waals surface area contributed by atoms with Crippen LogP contribution >= 0.6 is 0 Å². The largest absolute Gasteiger partial charge is 0.481 e. The van der Waals surface area contributed by atoms with Crippen molar-refractivity contribution in [3.05, 3.63) is 0 Å². The molecular weight excluding hydrogens is 192 g/mol. The maximum absolute atomic E-state index is 11.0. The molecule has 4 nitrogen and oxygen atoms in total. The minimum absolute atomic E-state index is 0.368. The summed E-state index contributed by atoms with van der Waals surface area (Å²) < 4.78 is 5.44. The normalized spacial score (nSPS) is 25.2. The Bertz CT molecular complexity index is 251. The van der Waals surface area contributed by atoms with Gasteiger partial charge in [0.2, 0.25) is 5.91 Å². The molecule has 1 saturated heterocycles. The van der Waals surface area contributed by atoms with Crippen molar-refractivity contribution in [3.63, 3.8) is 0 Å². The first kappa shape index (κ1) is 12.0. The first-order chi connectivity index (χ1) is 7.17. The molecule has 0 aromatic carbocycles. The highest BCUT2D eigenvalue weighted by atomic mass is 16.5. The number of ether oxygens (including phenoxy) is 1. The van der Waals surface area contributed by atoms with E-state index >= 15 is 0 Å². The molecule has 1 heterocycles. The molecule has 2 atom stereocenters. The van der Waals surface area contributed by atoms with Crippen LogP contribution in [0.25, 0.3) is 0 Å². The lowest BCUT2D eigenvalue weighted by Gasteiger charge is -2.05. The summed E-state index contributed by atoms with van der Waals surface area (Å²) in [4.78, 5) is 15.2. The van der Waals surface area contributed by atoms with E-state index in [1.807, 2.05) is 6.92 Å². The van der Waals surface area contributed by atoms with E-state index in [1.54, 1.807) is 0 Å². The van der Waals surface area contributed by atoms with E-state index in [4.69, 9.17) is 10.5 Å². The number of nitrogens with zero attached hydrogens (tertiary/aromatic N) is 1. The van der Waals surface area contributed by atoms with Crippen LogP contribution in [0.15, 0.2) is 4.99 Å². The Balaban J connectivity index is 2.50. The zero-order chi connectivity index (χ0) is 11.3.